The summed E-state index contributed by atoms with van der Waals surface area (Å²) in [4.78, 5) is 0. The monoisotopic (exact) mass is 278 g/mol. The van der Waals surface area contributed by atoms with Crippen LogP contribution >= 0.6 is 23.8 Å². The molecule has 0 amide bonds. The number of aryl methyl sites for hydroxylation is 1. The summed E-state index contributed by atoms with van der Waals surface area (Å²) in [6, 6.07) is 7.17. The minimum atomic E-state index is 0.490. The molecule has 0 radical (unpaired) electrons. The molecule has 0 atom stereocenters. The van der Waals surface area contributed by atoms with Crippen LogP contribution in [0.2, 0.25) is 5.02 Å². The Hall–Kier alpha value is -1.64. The molecule has 0 bridgehead atoms. The lowest BCUT2D eigenvalue weighted by molar-refractivity contribution is 0.801. The third kappa shape index (κ3) is 2.30. The number of aromatic nitrogens is 3. The summed E-state index contributed by atoms with van der Waals surface area (Å²) in [5.41, 5.74) is 1.27. The van der Waals surface area contributed by atoms with Crippen molar-refractivity contribution in [2.75, 3.05) is 0 Å². The Morgan fingerprint density at radius 1 is 1.56 bits per heavy atom. The topological polar surface area (TPSA) is 57.4 Å². The Morgan fingerprint density at radius 3 is 2.94 bits per heavy atom. The second-order valence-electron chi connectivity index (χ2n) is 3.81. The zero-order chi connectivity index (χ0) is 13.1. The van der Waals surface area contributed by atoms with Crippen LogP contribution in [0.15, 0.2) is 18.2 Å². The third-order valence-electron chi connectivity index (χ3n) is 2.53. The van der Waals surface area contributed by atoms with Crippen molar-refractivity contribution in [2.45, 2.75) is 19.8 Å². The predicted octanol–water partition coefficient (Wildman–Crippen LogP) is 3.41. The van der Waals surface area contributed by atoms with Crippen molar-refractivity contribution in [3.8, 4) is 11.8 Å². The van der Waals surface area contributed by atoms with E-state index in [1.165, 1.54) is 0 Å². The first kappa shape index (κ1) is 12.8. The number of aromatic amines is 1. The van der Waals surface area contributed by atoms with Crippen LogP contribution in [0.3, 0.4) is 0 Å². The molecular formula is C12H11ClN4S. The van der Waals surface area contributed by atoms with Gasteiger partial charge in [-0.3, -0.25) is 9.67 Å². The molecule has 18 heavy (non-hydrogen) atoms. The highest BCUT2D eigenvalue weighted by molar-refractivity contribution is 7.71. The van der Waals surface area contributed by atoms with E-state index in [1.54, 1.807) is 18.2 Å². The molecule has 6 heteroatoms. The highest BCUT2D eigenvalue weighted by Gasteiger charge is 2.11. The van der Waals surface area contributed by atoms with Gasteiger partial charge in [0.1, 0.15) is 5.82 Å². The van der Waals surface area contributed by atoms with E-state index in [-0.39, 0.29) is 0 Å². The molecule has 2 rings (SSSR count). The molecule has 0 aliphatic heterocycles. The van der Waals surface area contributed by atoms with E-state index >= 15 is 0 Å². The number of rotatable bonds is 3. The van der Waals surface area contributed by atoms with E-state index in [0.29, 0.717) is 15.4 Å². The Labute approximate surface area is 115 Å². The Morgan fingerprint density at radius 2 is 2.33 bits per heavy atom. The van der Waals surface area contributed by atoms with Crippen molar-refractivity contribution in [3.05, 3.63) is 39.4 Å². The van der Waals surface area contributed by atoms with Gasteiger partial charge >= 0.3 is 0 Å². The fourth-order valence-electron chi connectivity index (χ4n) is 1.73. The van der Waals surface area contributed by atoms with Crippen molar-refractivity contribution in [2.24, 2.45) is 0 Å². The van der Waals surface area contributed by atoms with Crippen LogP contribution in [0.4, 0.5) is 0 Å². The molecule has 1 heterocycles. The maximum atomic E-state index is 8.82. The van der Waals surface area contributed by atoms with Crippen molar-refractivity contribution in [3.63, 3.8) is 0 Å². The summed E-state index contributed by atoms with van der Waals surface area (Å²) in [5.74, 6) is 0.842. The average molecular weight is 279 g/mol. The minimum Gasteiger partial charge on any atom is -0.271 e. The lowest BCUT2D eigenvalue weighted by atomic mass is 10.2. The van der Waals surface area contributed by atoms with E-state index in [4.69, 9.17) is 29.1 Å². The highest BCUT2D eigenvalue weighted by Crippen LogP contribution is 2.23. The number of nitrogens with one attached hydrogen (secondary N) is 1. The molecule has 1 N–H and O–H groups in total. The van der Waals surface area contributed by atoms with Crippen LogP contribution in [-0.4, -0.2) is 14.8 Å². The number of benzene rings is 1. The summed E-state index contributed by atoms with van der Waals surface area (Å²) >= 11 is 11.4. The normalized spacial score (nSPS) is 10.3. The first-order chi connectivity index (χ1) is 8.67. The standard InChI is InChI=1S/C12H11ClN4S/c1-2-3-11-15-16-12(18)17(11)10-5-4-8(7-14)6-9(10)13/h4-6H,2-3H2,1H3,(H,16,18). The summed E-state index contributed by atoms with van der Waals surface area (Å²) in [5, 5.41) is 16.3. The smallest absolute Gasteiger partial charge is 0.199 e. The number of hydrogen-bond donors (Lipinski definition) is 1. The number of nitrogens with zero attached hydrogens (tertiary/aromatic N) is 3. The zero-order valence-corrected chi connectivity index (χ0v) is 11.3. The van der Waals surface area contributed by atoms with Crippen LogP contribution in [0, 0.1) is 16.1 Å². The van der Waals surface area contributed by atoms with Crippen LogP contribution in [0.5, 0.6) is 0 Å². The molecule has 0 fully saturated rings. The van der Waals surface area contributed by atoms with Gasteiger partial charge in [-0.25, -0.2) is 0 Å². The van der Waals surface area contributed by atoms with Gasteiger partial charge in [0, 0.05) is 6.42 Å². The van der Waals surface area contributed by atoms with Gasteiger partial charge in [0.15, 0.2) is 4.77 Å². The fraction of sp³-hybridized carbons (Fsp3) is 0.250. The van der Waals surface area contributed by atoms with E-state index in [9.17, 15) is 0 Å². The number of H-pyrrole nitrogens is 1. The molecule has 2 aromatic rings. The summed E-state index contributed by atoms with van der Waals surface area (Å²) < 4.78 is 2.31. The predicted molar refractivity (Wildman–Crippen MR) is 72.5 cm³/mol. The highest BCUT2D eigenvalue weighted by atomic mass is 35.5. The van der Waals surface area contributed by atoms with Crippen molar-refractivity contribution in [1.82, 2.24) is 14.8 Å². The molecule has 0 aliphatic rings. The summed E-state index contributed by atoms with van der Waals surface area (Å²) in [6.07, 6.45) is 1.77. The maximum Gasteiger partial charge on any atom is 0.199 e. The molecule has 1 aromatic carbocycles. The second kappa shape index (κ2) is 5.34. The SMILES string of the molecule is CCCc1n[nH]c(=S)n1-c1ccc(C#N)cc1Cl. The lowest BCUT2D eigenvalue weighted by Gasteiger charge is -2.08. The molecule has 4 nitrogen and oxygen atoms in total. The summed E-state index contributed by atoms with van der Waals surface area (Å²) in [7, 11) is 0. The van der Waals surface area contributed by atoms with Crippen molar-refractivity contribution < 1.29 is 0 Å². The Balaban J connectivity index is 2.59. The molecule has 1 aromatic heterocycles. The van der Waals surface area contributed by atoms with Crippen LogP contribution in [-0.2, 0) is 6.42 Å². The first-order valence-corrected chi connectivity index (χ1v) is 6.32. The molecule has 0 aliphatic carbocycles. The average Bonchev–Trinajstić information content (AvgIpc) is 2.71. The Bertz CT molecular complexity index is 665. The van der Waals surface area contributed by atoms with E-state index < -0.39 is 0 Å². The summed E-state index contributed by atoms with van der Waals surface area (Å²) in [6.45, 7) is 2.07. The van der Waals surface area contributed by atoms with Gasteiger partial charge in [-0.2, -0.15) is 10.4 Å². The molecule has 92 valence electrons. The van der Waals surface area contributed by atoms with Crippen LogP contribution < -0.4 is 0 Å². The molecule has 0 saturated heterocycles. The molecule has 0 spiro atoms. The fourth-order valence-corrected chi connectivity index (χ4v) is 2.24. The first-order valence-electron chi connectivity index (χ1n) is 5.53. The van der Waals surface area contributed by atoms with Crippen LogP contribution in [0.1, 0.15) is 24.7 Å². The number of halogens is 1. The molecule has 0 saturated carbocycles. The minimum absolute atomic E-state index is 0.490. The quantitative estimate of drug-likeness (QED) is 0.876. The van der Waals surface area contributed by atoms with Crippen molar-refractivity contribution >= 4 is 23.8 Å². The third-order valence-corrected chi connectivity index (χ3v) is 3.11. The van der Waals surface area contributed by atoms with Crippen LogP contribution in [0.25, 0.3) is 5.69 Å². The van der Waals surface area contributed by atoms with Crippen molar-refractivity contribution in [1.29, 1.82) is 5.26 Å². The van der Waals surface area contributed by atoms with E-state index in [0.717, 1.165) is 24.4 Å². The second-order valence-corrected chi connectivity index (χ2v) is 4.60. The molecule has 0 unspecified atom stereocenters. The van der Waals surface area contributed by atoms with Gasteiger partial charge in [0.25, 0.3) is 0 Å². The van der Waals surface area contributed by atoms with Gasteiger partial charge in [0.05, 0.1) is 22.3 Å². The van der Waals surface area contributed by atoms with Gasteiger partial charge in [-0.1, -0.05) is 18.5 Å². The Kier molecular flexibility index (Phi) is 3.80. The van der Waals surface area contributed by atoms with Gasteiger partial charge in [-0.15, -0.1) is 0 Å². The van der Waals surface area contributed by atoms with Gasteiger partial charge < -0.3 is 0 Å². The van der Waals surface area contributed by atoms with Gasteiger partial charge in [-0.05, 0) is 36.8 Å². The number of hydrogen-bond acceptors (Lipinski definition) is 3. The largest absolute Gasteiger partial charge is 0.271 e. The molecular weight excluding hydrogens is 268 g/mol. The van der Waals surface area contributed by atoms with Gasteiger partial charge in [0.2, 0.25) is 0 Å². The maximum absolute atomic E-state index is 8.82. The lowest BCUT2D eigenvalue weighted by Crippen LogP contribution is -2.02. The van der Waals surface area contributed by atoms with E-state index in [2.05, 4.69) is 23.2 Å². The number of nitriles is 1. The van der Waals surface area contributed by atoms with E-state index in [1.807, 2.05) is 4.57 Å². The zero-order valence-electron chi connectivity index (χ0n) is 9.77.